The molecule has 0 aliphatic carbocycles. The molecule has 15 heavy (non-hydrogen) atoms. The average molecular weight is 208 g/mol. The van der Waals surface area contributed by atoms with Gasteiger partial charge in [0.25, 0.3) is 6.01 Å². The van der Waals surface area contributed by atoms with Gasteiger partial charge in [-0.3, -0.25) is 0 Å². The second kappa shape index (κ2) is 3.61. The van der Waals surface area contributed by atoms with Crippen LogP contribution in [0, 0.1) is 5.82 Å². The molecule has 0 bridgehead atoms. The van der Waals surface area contributed by atoms with Crippen LogP contribution >= 0.6 is 0 Å². The first-order valence-electron chi connectivity index (χ1n) is 4.26. The Kier molecular flexibility index (Phi) is 2.29. The van der Waals surface area contributed by atoms with Crippen molar-refractivity contribution in [1.82, 2.24) is 4.98 Å². The second-order valence-corrected chi connectivity index (χ2v) is 2.91. The third-order valence-electron chi connectivity index (χ3n) is 1.96. The Balaban J connectivity index is 2.42. The lowest BCUT2D eigenvalue weighted by Gasteiger charge is -2.02. The number of ether oxygens (including phenoxy) is 1. The molecule has 4 nitrogen and oxygen atoms in total. The third-order valence-corrected chi connectivity index (χ3v) is 1.96. The molecule has 2 aromatic rings. The van der Waals surface area contributed by atoms with Gasteiger partial charge in [-0.1, -0.05) is 0 Å². The molecule has 5 heteroatoms. The predicted octanol–water partition coefficient (Wildman–Crippen LogP) is 2.07. The molecule has 0 aliphatic rings. The molecule has 78 valence electrons. The Morgan fingerprint density at radius 2 is 2.27 bits per heavy atom. The van der Waals surface area contributed by atoms with Gasteiger partial charge in [-0.15, -0.1) is 0 Å². The molecule has 0 saturated carbocycles. The lowest BCUT2D eigenvalue weighted by Crippen LogP contribution is -1.87. The molecular weight excluding hydrogens is 199 g/mol. The summed E-state index contributed by atoms with van der Waals surface area (Å²) in [5.74, 6) is 0.158. The maximum absolute atomic E-state index is 13.3. The summed E-state index contributed by atoms with van der Waals surface area (Å²) in [6, 6.07) is 4.55. The number of hydrogen-bond acceptors (Lipinski definition) is 4. The third kappa shape index (κ3) is 1.76. The Labute approximate surface area is 85.5 Å². The fourth-order valence-corrected chi connectivity index (χ4v) is 1.24. The van der Waals surface area contributed by atoms with Crippen molar-refractivity contribution in [3.63, 3.8) is 0 Å². The van der Waals surface area contributed by atoms with Gasteiger partial charge in [-0.25, -0.2) is 9.37 Å². The maximum Gasteiger partial charge on any atom is 0.292 e. The quantitative estimate of drug-likeness (QED) is 0.820. The molecule has 1 aromatic carbocycles. The van der Waals surface area contributed by atoms with Crippen molar-refractivity contribution in [2.75, 3.05) is 12.8 Å². The van der Waals surface area contributed by atoms with Crippen molar-refractivity contribution in [3.8, 4) is 17.1 Å². The Bertz CT molecular complexity index is 482. The Hall–Kier alpha value is -2.04. The monoisotopic (exact) mass is 208 g/mol. The number of halogens is 1. The van der Waals surface area contributed by atoms with Gasteiger partial charge in [-0.2, -0.15) is 0 Å². The lowest BCUT2D eigenvalue weighted by atomic mass is 10.2. The number of nitrogens with zero attached hydrogens (tertiary/aromatic N) is 1. The van der Waals surface area contributed by atoms with Crippen LogP contribution in [0.5, 0.6) is 5.75 Å². The molecule has 0 spiro atoms. The highest BCUT2D eigenvalue weighted by molar-refractivity contribution is 5.58. The summed E-state index contributed by atoms with van der Waals surface area (Å²) in [7, 11) is 1.41. The van der Waals surface area contributed by atoms with Gasteiger partial charge in [-0.05, 0) is 18.2 Å². The Morgan fingerprint density at radius 3 is 2.80 bits per heavy atom. The first-order chi connectivity index (χ1) is 7.20. The number of aromatic nitrogens is 1. The zero-order valence-electron chi connectivity index (χ0n) is 8.03. The maximum atomic E-state index is 13.3. The van der Waals surface area contributed by atoms with E-state index in [1.165, 1.54) is 25.4 Å². The van der Waals surface area contributed by atoms with Gasteiger partial charge in [0.2, 0.25) is 0 Å². The van der Waals surface area contributed by atoms with E-state index in [1.54, 1.807) is 6.07 Å². The second-order valence-electron chi connectivity index (χ2n) is 2.91. The van der Waals surface area contributed by atoms with E-state index in [9.17, 15) is 4.39 Å². The fourth-order valence-electron chi connectivity index (χ4n) is 1.24. The topological polar surface area (TPSA) is 61.3 Å². The van der Waals surface area contributed by atoms with E-state index in [4.69, 9.17) is 14.9 Å². The molecule has 0 aliphatic heterocycles. The van der Waals surface area contributed by atoms with Crippen LogP contribution in [0.2, 0.25) is 0 Å². The van der Waals surface area contributed by atoms with E-state index < -0.39 is 5.82 Å². The lowest BCUT2D eigenvalue weighted by molar-refractivity contribution is 0.386. The first kappa shape index (κ1) is 9.51. The van der Waals surface area contributed by atoms with Gasteiger partial charge >= 0.3 is 0 Å². The number of nitrogen functional groups attached to an aromatic ring is 1. The van der Waals surface area contributed by atoms with Crippen molar-refractivity contribution in [1.29, 1.82) is 0 Å². The average Bonchev–Trinajstić information content (AvgIpc) is 2.65. The predicted molar refractivity (Wildman–Crippen MR) is 52.9 cm³/mol. The van der Waals surface area contributed by atoms with Gasteiger partial charge in [0.1, 0.15) is 0 Å². The molecule has 0 amide bonds. The van der Waals surface area contributed by atoms with E-state index in [2.05, 4.69) is 4.98 Å². The zero-order chi connectivity index (χ0) is 10.8. The van der Waals surface area contributed by atoms with E-state index in [0.717, 1.165) is 0 Å². The largest absolute Gasteiger partial charge is 0.494 e. The number of rotatable bonds is 2. The molecule has 2 N–H and O–H groups in total. The normalized spacial score (nSPS) is 10.3. The van der Waals surface area contributed by atoms with Crippen LogP contribution < -0.4 is 10.5 Å². The Morgan fingerprint density at radius 1 is 1.47 bits per heavy atom. The van der Waals surface area contributed by atoms with Crippen LogP contribution in [-0.4, -0.2) is 12.1 Å². The number of hydrogen-bond donors (Lipinski definition) is 1. The van der Waals surface area contributed by atoms with E-state index in [-0.39, 0.29) is 11.8 Å². The van der Waals surface area contributed by atoms with Crippen molar-refractivity contribution in [3.05, 3.63) is 30.2 Å². The van der Waals surface area contributed by atoms with Crippen LogP contribution in [0.4, 0.5) is 10.4 Å². The highest BCUT2D eigenvalue weighted by Gasteiger charge is 2.08. The van der Waals surface area contributed by atoms with Gasteiger partial charge in [0.05, 0.1) is 13.3 Å². The number of benzene rings is 1. The molecule has 0 unspecified atom stereocenters. The highest BCUT2D eigenvalue weighted by atomic mass is 19.1. The van der Waals surface area contributed by atoms with Crippen LogP contribution in [0.25, 0.3) is 11.3 Å². The van der Waals surface area contributed by atoms with Crippen molar-refractivity contribution in [2.45, 2.75) is 0 Å². The van der Waals surface area contributed by atoms with Gasteiger partial charge in [0, 0.05) is 5.56 Å². The minimum atomic E-state index is -0.454. The smallest absolute Gasteiger partial charge is 0.292 e. The first-order valence-corrected chi connectivity index (χ1v) is 4.26. The number of methoxy groups -OCH3 is 1. The van der Waals surface area contributed by atoms with Crippen molar-refractivity contribution in [2.24, 2.45) is 0 Å². The van der Waals surface area contributed by atoms with Crippen LogP contribution in [-0.2, 0) is 0 Å². The molecule has 0 saturated heterocycles. The summed E-state index contributed by atoms with van der Waals surface area (Å²) in [6.07, 6.45) is 1.44. The van der Waals surface area contributed by atoms with E-state index >= 15 is 0 Å². The minimum Gasteiger partial charge on any atom is -0.494 e. The molecular formula is C10H9FN2O2. The summed E-state index contributed by atoms with van der Waals surface area (Å²) in [5, 5.41) is 0. The summed E-state index contributed by atoms with van der Waals surface area (Å²) < 4.78 is 23.2. The fraction of sp³-hybridized carbons (Fsp3) is 0.100. The number of anilines is 1. The minimum absolute atomic E-state index is 0.0567. The SMILES string of the molecule is COc1ccc(-c2cnc(N)o2)cc1F. The van der Waals surface area contributed by atoms with E-state index in [0.29, 0.717) is 11.3 Å². The van der Waals surface area contributed by atoms with Crippen LogP contribution in [0.1, 0.15) is 0 Å². The summed E-state index contributed by atoms with van der Waals surface area (Å²) in [5.41, 5.74) is 5.88. The van der Waals surface area contributed by atoms with Gasteiger partial charge in [0.15, 0.2) is 17.3 Å². The molecule has 0 radical (unpaired) electrons. The summed E-state index contributed by atoms with van der Waals surface area (Å²) in [6.45, 7) is 0. The summed E-state index contributed by atoms with van der Waals surface area (Å²) >= 11 is 0. The number of nitrogens with two attached hydrogens (primary N) is 1. The van der Waals surface area contributed by atoms with Crippen molar-refractivity contribution >= 4 is 6.01 Å². The van der Waals surface area contributed by atoms with Crippen LogP contribution in [0.15, 0.2) is 28.8 Å². The standard InChI is InChI=1S/C10H9FN2O2/c1-14-8-3-2-6(4-7(8)11)9-5-13-10(12)15-9/h2-5H,1H3,(H2,12,13). The molecule has 0 fully saturated rings. The zero-order valence-corrected chi connectivity index (χ0v) is 8.03. The summed E-state index contributed by atoms with van der Waals surface area (Å²) in [4.78, 5) is 3.72. The molecule has 0 atom stereocenters. The van der Waals surface area contributed by atoms with Crippen LogP contribution in [0.3, 0.4) is 0 Å². The highest BCUT2D eigenvalue weighted by Crippen LogP contribution is 2.26. The van der Waals surface area contributed by atoms with Crippen molar-refractivity contribution < 1.29 is 13.5 Å². The molecule has 2 rings (SSSR count). The van der Waals surface area contributed by atoms with Gasteiger partial charge < -0.3 is 14.9 Å². The number of oxazole rings is 1. The van der Waals surface area contributed by atoms with E-state index in [1.807, 2.05) is 0 Å². The molecule has 1 aromatic heterocycles. The molecule has 1 heterocycles.